The van der Waals surface area contributed by atoms with Gasteiger partial charge in [-0.1, -0.05) is 0 Å². The van der Waals surface area contributed by atoms with Crippen LogP contribution in [-0.4, -0.2) is 23.0 Å². The molecular formula is C15H10F4N4O2. The van der Waals surface area contributed by atoms with E-state index in [0.29, 0.717) is 0 Å². The molecule has 130 valence electrons. The Morgan fingerprint density at radius 2 is 2.00 bits per heavy atom. The molecule has 1 atom stereocenters. The quantitative estimate of drug-likeness (QED) is 0.437. The summed E-state index contributed by atoms with van der Waals surface area (Å²) in [5, 5.41) is 10.2. The standard InChI is InChI=1S/C15H10F4N4O2/c16-6-1-2-9(20)8(5-6)11(21)7-3-4-22-13-10(7)12(15(17,18)19)25-14(24)23-13/h1-5,12,21H,20H2,(H,22,23,24). The van der Waals surface area contributed by atoms with Crippen molar-refractivity contribution in [3.05, 3.63) is 53.0 Å². The molecule has 0 aliphatic carbocycles. The summed E-state index contributed by atoms with van der Waals surface area (Å²) >= 11 is 0. The average molecular weight is 354 g/mol. The molecule has 25 heavy (non-hydrogen) atoms. The van der Waals surface area contributed by atoms with Crippen molar-refractivity contribution < 1.29 is 27.1 Å². The van der Waals surface area contributed by atoms with Crippen LogP contribution in [0.3, 0.4) is 0 Å². The molecular weight excluding hydrogens is 344 g/mol. The minimum Gasteiger partial charge on any atom is -0.431 e. The molecule has 0 radical (unpaired) electrons. The molecule has 1 aromatic heterocycles. The molecule has 2 aromatic rings. The van der Waals surface area contributed by atoms with E-state index >= 15 is 0 Å². The number of pyridine rings is 1. The number of hydrogen-bond donors (Lipinski definition) is 3. The van der Waals surface area contributed by atoms with Gasteiger partial charge in [0.15, 0.2) is 0 Å². The second kappa shape index (κ2) is 5.72. The highest BCUT2D eigenvalue weighted by atomic mass is 19.4. The minimum atomic E-state index is -4.92. The Morgan fingerprint density at radius 3 is 2.68 bits per heavy atom. The van der Waals surface area contributed by atoms with Gasteiger partial charge in [-0.2, -0.15) is 13.2 Å². The minimum absolute atomic E-state index is 0.0151. The van der Waals surface area contributed by atoms with Gasteiger partial charge in [-0.3, -0.25) is 10.7 Å². The Balaban J connectivity index is 2.19. The Morgan fingerprint density at radius 1 is 1.28 bits per heavy atom. The van der Waals surface area contributed by atoms with Crippen molar-refractivity contribution in [1.82, 2.24) is 4.98 Å². The van der Waals surface area contributed by atoms with Crippen molar-refractivity contribution in [3.8, 4) is 0 Å². The number of nitrogens with one attached hydrogen (secondary N) is 2. The van der Waals surface area contributed by atoms with Crippen LogP contribution in [0.2, 0.25) is 0 Å². The van der Waals surface area contributed by atoms with Gasteiger partial charge in [0.25, 0.3) is 0 Å². The van der Waals surface area contributed by atoms with Gasteiger partial charge in [-0.15, -0.1) is 0 Å². The van der Waals surface area contributed by atoms with E-state index in [9.17, 15) is 22.4 Å². The fourth-order valence-corrected chi connectivity index (χ4v) is 2.47. The van der Waals surface area contributed by atoms with E-state index in [2.05, 4.69) is 15.0 Å². The van der Waals surface area contributed by atoms with Crippen LogP contribution in [-0.2, 0) is 4.74 Å². The molecule has 0 spiro atoms. The Bertz CT molecular complexity index is 882. The van der Waals surface area contributed by atoms with Gasteiger partial charge in [-0.25, -0.2) is 14.2 Å². The third-order valence-corrected chi connectivity index (χ3v) is 3.55. The number of nitrogens with two attached hydrogens (primary N) is 1. The van der Waals surface area contributed by atoms with E-state index in [1.807, 2.05) is 0 Å². The third-order valence-electron chi connectivity index (χ3n) is 3.55. The first-order valence-electron chi connectivity index (χ1n) is 6.86. The number of benzene rings is 1. The topological polar surface area (TPSA) is 101 Å². The molecule has 1 unspecified atom stereocenters. The number of amides is 1. The van der Waals surface area contributed by atoms with E-state index in [-0.39, 0.29) is 22.6 Å². The number of carbonyl (C=O) groups excluding carboxylic acids is 1. The number of rotatable bonds is 2. The van der Waals surface area contributed by atoms with E-state index in [1.54, 1.807) is 0 Å². The zero-order valence-corrected chi connectivity index (χ0v) is 12.3. The number of cyclic esters (lactones) is 1. The lowest BCUT2D eigenvalue weighted by atomic mass is 9.93. The first kappa shape index (κ1) is 16.7. The van der Waals surface area contributed by atoms with Gasteiger partial charge >= 0.3 is 12.3 Å². The molecule has 0 saturated heterocycles. The van der Waals surface area contributed by atoms with Gasteiger partial charge in [0.2, 0.25) is 6.10 Å². The zero-order chi connectivity index (χ0) is 18.4. The fraction of sp³-hybridized carbons (Fsp3) is 0.133. The zero-order valence-electron chi connectivity index (χ0n) is 12.3. The Hall–Kier alpha value is -3.17. The number of hydrogen-bond acceptors (Lipinski definition) is 5. The predicted octanol–water partition coefficient (Wildman–Crippen LogP) is 3.38. The summed E-state index contributed by atoms with van der Waals surface area (Å²) in [4.78, 5) is 15.0. The summed E-state index contributed by atoms with van der Waals surface area (Å²) in [6.45, 7) is 0. The van der Waals surface area contributed by atoms with Crippen molar-refractivity contribution in [2.45, 2.75) is 12.3 Å². The average Bonchev–Trinajstić information content (AvgIpc) is 2.54. The van der Waals surface area contributed by atoms with Crippen LogP contribution >= 0.6 is 0 Å². The SMILES string of the molecule is N=C(c1cc(F)ccc1N)c1ccnc2c1C(C(F)(F)F)OC(=O)N2. The first-order valence-corrected chi connectivity index (χ1v) is 6.86. The summed E-state index contributed by atoms with van der Waals surface area (Å²) in [6, 6.07) is 4.35. The number of ether oxygens (including phenoxy) is 1. The number of carbonyl (C=O) groups is 1. The van der Waals surface area contributed by atoms with Crippen LogP contribution in [0.1, 0.15) is 22.8 Å². The Kier molecular flexibility index (Phi) is 3.82. The summed E-state index contributed by atoms with van der Waals surface area (Å²) in [6.07, 6.45) is -7.71. The first-order chi connectivity index (χ1) is 11.7. The van der Waals surface area contributed by atoms with Crippen LogP contribution in [0, 0.1) is 11.2 Å². The van der Waals surface area contributed by atoms with Crippen LogP contribution in [0.5, 0.6) is 0 Å². The van der Waals surface area contributed by atoms with Gasteiger partial charge in [0, 0.05) is 23.0 Å². The molecule has 10 heteroatoms. The van der Waals surface area contributed by atoms with Crippen molar-refractivity contribution in [3.63, 3.8) is 0 Å². The molecule has 2 heterocycles. The number of nitrogens with zero attached hydrogens (tertiary/aromatic N) is 1. The number of fused-ring (bicyclic) bond motifs is 1. The monoisotopic (exact) mass is 354 g/mol. The number of aromatic nitrogens is 1. The maximum absolute atomic E-state index is 13.5. The van der Waals surface area contributed by atoms with Gasteiger partial charge in [0.05, 0.1) is 11.3 Å². The van der Waals surface area contributed by atoms with Crippen molar-refractivity contribution in [2.24, 2.45) is 0 Å². The van der Waals surface area contributed by atoms with E-state index in [0.717, 1.165) is 24.4 Å². The normalized spacial score (nSPS) is 16.6. The van der Waals surface area contributed by atoms with Crippen molar-refractivity contribution >= 4 is 23.3 Å². The summed E-state index contributed by atoms with van der Waals surface area (Å²) in [5.74, 6) is -1.08. The number of anilines is 2. The van der Waals surface area contributed by atoms with Crippen molar-refractivity contribution in [2.75, 3.05) is 11.1 Å². The predicted molar refractivity (Wildman–Crippen MR) is 79.9 cm³/mol. The maximum Gasteiger partial charge on any atom is 0.430 e. The fourth-order valence-electron chi connectivity index (χ4n) is 2.47. The van der Waals surface area contributed by atoms with Crippen LogP contribution in [0.4, 0.5) is 33.9 Å². The van der Waals surface area contributed by atoms with Crippen LogP contribution in [0.25, 0.3) is 0 Å². The second-order valence-corrected chi connectivity index (χ2v) is 5.18. The number of nitrogen functional groups attached to an aromatic ring is 1. The summed E-state index contributed by atoms with van der Waals surface area (Å²) in [5.41, 5.74) is 4.40. The molecule has 1 amide bonds. The molecule has 0 saturated carbocycles. The largest absolute Gasteiger partial charge is 0.431 e. The van der Waals surface area contributed by atoms with Crippen molar-refractivity contribution in [1.29, 1.82) is 5.41 Å². The Labute approximate surface area is 138 Å². The van der Waals surface area contributed by atoms with Crippen LogP contribution in [0.15, 0.2) is 30.5 Å². The van der Waals surface area contributed by atoms with E-state index in [1.165, 1.54) is 6.07 Å². The third kappa shape index (κ3) is 2.97. The highest BCUT2D eigenvalue weighted by Gasteiger charge is 2.49. The molecule has 3 rings (SSSR count). The van der Waals surface area contributed by atoms with Gasteiger partial charge in [0.1, 0.15) is 11.6 Å². The number of alkyl halides is 3. The van der Waals surface area contributed by atoms with Crippen LogP contribution < -0.4 is 11.1 Å². The molecule has 1 aromatic carbocycles. The highest BCUT2D eigenvalue weighted by Crippen LogP contribution is 2.43. The molecule has 1 aliphatic heterocycles. The van der Waals surface area contributed by atoms with Gasteiger partial charge in [-0.05, 0) is 24.3 Å². The molecule has 1 aliphatic rings. The maximum atomic E-state index is 13.5. The van der Waals surface area contributed by atoms with E-state index < -0.39 is 35.5 Å². The molecule has 6 nitrogen and oxygen atoms in total. The molecule has 4 N–H and O–H groups in total. The molecule has 0 fully saturated rings. The summed E-state index contributed by atoms with van der Waals surface area (Å²) < 4.78 is 57.7. The molecule has 0 bridgehead atoms. The number of halogens is 4. The summed E-state index contributed by atoms with van der Waals surface area (Å²) in [7, 11) is 0. The lowest BCUT2D eigenvalue weighted by Gasteiger charge is -2.29. The lowest BCUT2D eigenvalue weighted by Crippen LogP contribution is -2.35. The highest BCUT2D eigenvalue weighted by molar-refractivity contribution is 6.15. The second-order valence-electron chi connectivity index (χ2n) is 5.18. The smallest absolute Gasteiger partial charge is 0.430 e. The van der Waals surface area contributed by atoms with E-state index in [4.69, 9.17) is 11.1 Å². The van der Waals surface area contributed by atoms with Gasteiger partial charge < -0.3 is 10.5 Å². The lowest BCUT2D eigenvalue weighted by molar-refractivity contribution is -0.206.